The molecule has 0 saturated heterocycles. The van der Waals surface area contributed by atoms with Gasteiger partial charge in [-0.15, -0.1) is 0 Å². The quantitative estimate of drug-likeness (QED) is 0.769. The fraction of sp³-hybridized carbons (Fsp3) is 0.545. The molecule has 0 fully saturated rings. The normalized spacial score (nSPS) is 15.4. The van der Waals surface area contributed by atoms with Gasteiger partial charge in [-0.3, -0.25) is 4.98 Å². The van der Waals surface area contributed by atoms with Gasteiger partial charge in [0.1, 0.15) is 0 Å². The Hall–Kier alpha value is -0.890. The lowest BCUT2D eigenvalue weighted by atomic mass is 9.88. The van der Waals surface area contributed by atoms with Gasteiger partial charge < -0.3 is 5.73 Å². The molecule has 0 aromatic carbocycles. The van der Waals surface area contributed by atoms with Crippen LogP contribution in [-0.2, 0) is 0 Å². The molecule has 72 valence electrons. The van der Waals surface area contributed by atoms with Crippen LogP contribution in [0.25, 0.3) is 0 Å². The first-order valence-corrected chi connectivity index (χ1v) is 4.77. The zero-order chi connectivity index (χ0) is 9.84. The van der Waals surface area contributed by atoms with Gasteiger partial charge in [-0.05, 0) is 42.5 Å². The van der Waals surface area contributed by atoms with Gasteiger partial charge in [0.15, 0.2) is 0 Å². The second-order valence-corrected chi connectivity index (χ2v) is 3.73. The first-order chi connectivity index (χ1) is 6.16. The highest BCUT2D eigenvalue weighted by molar-refractivity contribution is 5.25. The van der Waals surface area contributed by atoms with Crippen LogP contribution in [0.2, 0.25) is 0 Å². The maximum Gasteiger partial charge on any atom is 0.0305 e. The second-order valence-electron chi connectivity index (χ2n) is 3.73. The Labute approximate surface area is 80.2 Å². The third-order valence-electron chi connectivity index (χ3n) is 2.80. The van der Waals surface area contributed by atoms with Crippen LogP contribution < -0.4 is 5.73 Å². The summed E-state index contributed by atoms with van der Waals surface area (Å²) >= 11 is 0. The molecule has 1 rings (SSSR count). The average Bonchev–Trinajstić information content (AvgIpc) is 2.16. The van der Waals surface area contributed by atoms with E-state index < -0.39 is 0 Å². The molecule has 2 atom stereocenters. The van der Waals surface area contributed by atoms with Gasteiger partial charge in [0.05, 0.1) is 0 Å². The van der Waals surface area contributed by atoms with Crippen molar-refractivity contribution in [3.8, 4) is 0 Å². The molecule has 2 heteroatoms. The highest BCUT2D eigenvalue weighted by Gasteiger charge is 2.14. The monoisotopic (exact) mass is 178 g/mol. The molecule has 1 heterocycles. The molecule has 0 aliphatic rings. The van der Waals surface area contributed by atoms with Crippen LogP contribution >= 0.6 is 0 Å². The van der Waals surface area contributed by atoms with E-state index in [-0.39, 0.29) is 0 Å². The lowest BCUT2D eigenvalue weighted by Crippen LogP contribution is -2.17. The molecule has 1 aromatic rings. The van der Waals surface area contributed by atoms with Crippen molar-refractivity contribution in [2.45, 2.75) is 26.7 Å². The number of pyridine rings is 1. The lowest BCUT2D eigenvalue weighted by molar-refractivity contribution is 0.496. The fourth-order valence-corrected chi connectivity index (χ4v) is 1.46. The van der Waals surface area contributed by atoms with Crippen LogP contribution in [-0.4, -0.2) is 11.5 Å². The van der Waals surface area contributed by atoms with Crippen LogP contribution in [0.5, 0.6) is 0 Å². The summed E-state index contributed by atoms with van der Waals surface area (Å²) in [7, 11) is 0. The summed E-state index contributed by atoms with van der Waals surface area (Å²) in [6, 6.07) is 2.05. The highest BCUT2D eigenvalue weighted by Crippen LogP contribution is 2.24. The molecule has 0 amide bonds. The Morgan fingerprint density at radius 2 is 2.15 bits per heavy atom. The van der Waals surface area contributed by atoms with E-state index in [1.807, 2.05) is 12.4 Å². The molecule has 0 saturated carbocycles. The van der Waals surface area contributed by atoms with Gasteiger partial charge in [-0.1, -0.05) is 13.8 Å². The van der Waals surface area contributed by atoms with E-state index in [1.54, 1.807) is 0 Å². The summed E-state index contributed by atoms with van der Waals surface area (Å²) < 4.78 is 0. The number of hydrogen-bond acceptors (Lipinski definition) is 2. The van der Waals surface area contributed by atoms with E-state index >= 15 is 0 Å². The van der Waals surface area contributed by atoms with Gasteiger partial charge >= 0.3 is 0 Å². The number of aromatic nitrogens is 1. The highest BCUT2D eigenvalue weighted by atomic mass is 14.6. The minimum absolute atomic E-state index is 0.499. The Morgan fingerprint density at radius 1 is 1.46 bits per heavy atom. The van der Waals surface area contributed by atoms with E-state index in [0.29, 0.717) is 11.8 Å². The number of aryl methyl sites for hydroxylation is 1. The van der Waals surface area contributed by atoms with E-state index in [9.17, 15) is 0 Å². The summed E-state index contributed by atoms with van der Waals surface area (Å²) in [6.07, 6.45) is 3.78. The molecular weight excluding hydrogens is 160 g/mol. The van der Waals surface area contributed by atoms with Crippen molar-refractivity contribution in [3.05, 3.63) is 29.6 Å². The summed E-state index contributed by atoms with van der Waals surface area (Å²) in [5, 5.41) is 0. The molecule has 0 bridgehead atoms. The van der Waals surface area contributed by atoms with Crippen molar-refractivity contribution < 1.29 is 0 Å². The van der Waals surface area contributed by atoms with Crippen molar-refractivity contribution in [2.24, 2.45) is 11.7 Å². The molecule has 2 N–H and O–H groups in total. The molecule has 2 unspecified atom stereocenters. The van der Waals surface area contributed by atoms with Gasteiger partial charge in [-0.2, -0.15) is 0 Å². The van der Waals surface area contributed by atoms with E-state index in [1.165, 1.54) is 11.1 Å². The van der Waals surface area contributed by atoms with Crippen molar-refractivity contribution in [3.63, 3.8) is 0 Å². The van der Waals surface area contributed by atoms with Gasteiger partial charge in [0, 0.05) is 12.4 Å². The van der Waals surface area contributed by atoms with Crippen molar-refractivity contribution in [1.82, 2.24) is 4.98 Å². The molecule has 0 radical (unpaired) electrons. The Kier molecular flexibility index (Phi) is 3.43. The first-order valence-electron chi connectivity index (χ1n) is 4.77. The molecule has 0 aliphatic heterocycles. The molecule has 1 aromatic heterocycles. The molecule has 13 heavy (non-hydrogen) atoms. The van der Waals surface area contributed by atoms with E-state index in [2.05, 4.69) is 31.8 Å². The molecular formula is C11H18N2. The van der Waals surface area contributed by atoms with Crippen LogP contribution in [0.3, 0.4) is 0 Å². The summed E-state index contributed by atoms with van der Waals surface area (Å²) in [4.78, 5) is 4.14. The SMILES string of the molecule is Cc1ccncc1C(C)C(C)CN. The van der Waals surface area contributed by atoms with E-state index in [4.69, 9.17) is 5.73 Å². The van der Waals surface area contributed by atoms with Crippen molar-refractivity contribution in [1.29, 1.82) is 0 Å². The Morgan fingerprint density at radius 3 is 2.69 bits per heavy atom. The minimum Gasteiger partial charge on any atom is -0.330 e. The zero-order valence-corrected chi connectivity index (χ0v) is 8.62. The Balaban J connectivity index is 2.88. The Bertz CT molecular complexity index is 271. The van der Waals surface area contributed by atoms with Gasteiger partial charge in [0.2, 0.25) is 0 Å². The first kappa shape index (κ1) is 10.2. The summed E-state index contributed by atoms with van der Waals surface area (Å²) in [5.74, 6) is 1.02. The van der Waals surface area contributed by atoms with Crippen LogP contribution in [0.1, 0.15) is 30.9 Å². The topological polar surface area (TPSA) is 38.9 Å². The van der Waals surface area contributed by atoms with Crippen LogP contribution in [0, 0.1) is 12.8 Å². The maximum atomic E-state index is 5.64. The van der Waals surface area contributed by atoms with Crippen LogP contribution in [0.15, 0.2) is 18.5 Å². The lowest BCUT2D eigenvalue weighted by Gasteiger charge is -2.19. The summed E-state index contributed by atoms with van der Waals surface area (Å²) in [6.45, 7) is 7.24. The number of nitrogens with two attached hydrogens (primary N) is 1. The number of nitrogens with zero attached hydrogens (tertiary/aromatic N) is 1. The van der Waals surface area contributed by atoms with Crippen molar-refractivity contribution in [2.75, 3.05) is 6.54 Å². The molecule has 0 spiro atoms. The second kappa shape index (κ2) is 4.38. The number of rotatable bonds is 3. The fourth-order valence-electron chi connectivity index (χ4n) is 1.46. The third-order valence-corrected chi connectivity index (χ3v) is 2.80. The number of hydrogen-bond donors (Lipinski definition) is 1. The third kappa shape index (κ3) is 2.28. The smallest absolute Gasteiger partial charge is 0.0305 e. The standard InChI is InChI=1S/C11H18N2/c1-8-4-5-13-7-11(8)10(3)9(2)6-12/h4-5,7,9-10H,6,12H2,1-3H3. The van der Waals surface area contributed by atoms with Crippen LogP contribution in [0.4, 0.5) is 0 Å². The molecule has 0 aliphatic carbocycles. The largest absolute Gasteiger partial charge is 0.330 e. The van der Waals surface area contributed by atoms with E-state index in [0.717, 1.165) is 6.54 Å². The minimum atomic E-state index is 0.499. The molecule has 2 nitrogen and oxygen atoms in total. The predicted molar refractivity (Wildman–Crippen MR) is 55.6 cm³/mol. The average molecular weight is 178 g/mol. The van der Waals surface area contributed by atoms with Gasteiger partial charge in [0.25, 0.3) is 0 Å². The maximum absolute atomic E-state index is 5.64. The van der Waals surface area contributed by atoms with Crippen molar-refractivity contribution >= 4 is 0 Å². The zero-order valence-electron chi connectivity index (χ0n) is 8.62. The van der Waals surface area contributed by atoms with Gasteiger partial charge in [-0.25, -0.2) is 0 Å². The predicted octanol–water partition coefficient (Wildman–Crippen LogP) is 2.09. The summed E-state index contributed by atoms with van der Waals surface area (Å²) in [5.41, 5.74) is 8.27.